The molecule has 0 aromatic heterocycles. The van der Waals surface area contributed by atoms with Crippen LogP contribution in [0, 0.1) is 0 Å². The van der Waals surface area contributed by atoms with Gasteiger partial charge >= 0.3 is 0 Å². The summed E-state index contributed by atoms with van der Waals surface area (Å²) < 4.78 is 5.00. The predicted octanol–water partition coefficient (Wildman–Crippen LogP) is 0.622. The molecule has 0 bridgehead atoms. The number of nitrogens with zero attached hydrogens (tertiary/aromatic N) is 1. The first kappa shape index (κ1) is 12.5. The Morgan fingerprint density at radius 3 is 2.73 bits per heavy atom. The Labute approximate surface area is 92.0 Å². The SMILES string of the molecule is CCN(C(=O)CNC(C)COC)C1CC1. The lowest BCUT2D eigenvalue weighted by Crippen LogP contribution is -2.43. The van der Waals surface area contributed by atoms with Gasteiger partial charge in [-0.05, 0) is 26.7 Å². The minimum absolute atomic E-state index is 0.211. The molecule has 1 aliphatic rings. The van der Waals surface area contributed by atoms with Crippen LogP contribution < -0.4 is 5.32 Å². The summed E-state index contributed by atoms with van der Waals surface area (Å²) in [4.78, 5) is 13.8. The predicted molar refractivity (Wildman–Crippen MR) is 59.7 cm³/mol. The Bertz CT molecular complexity index is 205. The van der Waals surface area contributed by atoms with E-state index in [-0.39, 0.29) is 11.9 Å². The number of likely N-dealkylation sites (N-methyl/N-ethyl adjacent to an activating group) is 1. The molecule has 1 saturated carbocycles. The Kier molecular flexibility index (Phi) is 5.05. The van der Waals surface area contributed by atoms with E-state index < -0.39 is 0 Å². The van der Waals surface area contributed by atoms with E-state index in [9.17, 15) is 4.79 Å². The van der Waals surface area contributed by atoms with Gasteiger partial charge in [0.25, 0.3) is 0 Å². The molecule has 1 fully saturated rings. The molecule has 4 heteroatoms. The van der Waals surface area contributed by atoms with Crippen LogP contribution in [0.3, 0.4) is 0 Å². The number of nitrogens with one attached hydrogen (secondary N) is 1. The highest BCUT2D eigenvalue weighted by molar-refractivity contribution is 5.78. The molecule has 1 unspecified atom stereocenters. The van der Waals surface area contributed by atoms with Gasteiger partial charge in [-0.15, -0.1) is 0 Å². The standard InChI is InChI=1S/C11H22N2O2/c1-4-13(10-5-6-10)11(14)7-12-9(2)8-15-3/h9-10,12H,4-8H2,1-3H3. The summed E-state index contributed by atoms with van der Waals surface area (Å²) in [5.74, 6) is 0.211. The van der Waals surface area contributed by atoms with Crippen LogP contribution in [-0.4, -0.2) is 49.7 Å². The van der Waals surface area contributed by atoms with Gasteiger partial charge in [-0.3, -0.25) is 4.79 Å². The fraction of sp³-hybridized carbons (Fsp3) is 0.909. The van der Waals surface area contributed by atoms with Crippen LogP contribution in [0.4, 0.5) is 0 Å². The molecule has 1 aliphatic carbocycles. The third kappa shape index (κ3) is 4.18. The maximum Gasteiger partial charge on any atom is 0.236 e. The van der Waals surface area contributed by atoms with Crippen molar-refractivity contribution in [2.24, 2.45) is 0 Å². The second kappa shape index (κ2) is 6.08. The number of hydrogen-bond donors (Lipinski definition) is 1. The molecule has 0 heterocycles. The normalized spacial score (nSPS) is 17.5. The number of amides is 1. The number of hydrogen-bond acceptors (Lipinski definition) is 3. The average molecular weight is 214 g/mol. The number of methoxy groups -OCH3 is 1. The molecule has 1 atom stereocenters. The highest BCUT2D eigenvalue weighted by Crippen LogP contribution is 2.26. The zero-order chi connectivity index (χ0) is 11.3. The van der Waals surface area contributed by atoms with Crippen molar-refractivity contribution in [2.45, 2.75) is 38.8 Å². The third-order valence-corrected chi connectivity index (χ3v) is 2.67. The van der Waals surface area contributed by atoms with Gasteiger partial charge in [0.2, 0.25) is 5.91 Å². The highest BCUT2D eigenvalue weighted by Gasteiger charge is 2.30. The Morgan fingerprint density at radius 1 is 1.60 bits per heavy atom. The fourth-order valence-corrected chi connectivity index (χ4v) is 1.70. The summed E-state index contributed by atoms with van der Waals surface area (Å²) in [6.07, 6.45) is 2.35. The van der Waals surface area contributed by atoms with Crippen LogP contribution in [-0.2, 0) is 9.53 Å². The minimum atomic E-state index is 0.211. The van der Waals surface area contributed by atoms with Crippen molar-refractivity contribution in [3.05, 3.63) is 0 Å². The molecule has 1 amide bonds. The molecule has 1 rings (SSSR count). The molecule has 0 aromatic carbocycles. The van der Waals surface area contributed by atoms with E-state index in [0.29, 0.717) is 19.2 Å². The van der Waals surface area contributed by atoms with Crippen LogP contribution in [0.2, 0.25) is 0 Å². The van der Waals surface area contributed by atoms with Gasteiger partial charge in [0, 0.05) is 25.7 Å². The van der Waals surface area contributed by atoms with Crippen molar-refractivity contribution >= 4 is 5.91 Å². The summed E-state index contributed by atoms with van der Waals surface area (Å²) in [5, 5.41) is 3.16. The van der Waals surface area contributed by atoms with Gasteiger partial charge in [0.05, 0.1) is 13.2 Å². The zero-order valence-electron chi connectivity index (χ0n) is 9.95. The molecule has 1 N–H and O–H groups in total. The molecule has 88 valence electrons. The molecule has 0 aliphatic heterocycles. The maximum atomic E-state index is 11.8. The molecule has 0 saturated heterocycles. The number of rotatable bonds is 7. The lowest BCUT2D eigenvalue weighted by Gasteiger charge is -2.21. The molecule has 0 aromatic rings. The summed E-state index contributed by atoms with van der Waals surface area (Å²) in [7, 11) is 1.67. The van der Waals surface area contributed by atoms with Gasteiger partial charge in [0.1, 0.15) is 0 Å². The van der Waals surface area contributed by atoms with Gasteiger partial charge < -0.3 is 15.0 Å². The van der Waals surface area contributed by atoms with E-state index in [0.717, 1.165) is 6.54 Å². The average Bonchev–Trinajstić information content (AvgIpc) is 3.00. The zero-order valence-corrected chi connectivity index (χ0v) is 9.95. The van der Waals surface area contributed by atoms with Gasteiger partial charge in [-0.25, -0.2) is 0 Å². The van der Waals surface area contributed by atoms with E-state index >= 15 is 0 Å². The van der Waals surface area contributed by atoms with E-state index in [1.54, 1.807) is 7.11 Å². The molecule has 4 nitrogen and oxygen atoms in total. The van der Waals surface area contributed by atoms with E-state index in [4.69, 9.17) is 4.74 Å². The maximum absolute atomic E-state index is 11.8. The second-order valence-corrected chi connectivity index (χ2v) is 4.15. The van der Waals surface area contributed by atoms with Crippen molar-refractivity contribution in [3.8, 4) is 0 Å². The first-order valence-corrected chi connectivity index (χ1v) is 5.70. The van der Waals surface area contributed by atoms with Crippen molar-refractivity contribution in [2.75, 3.05) is 26.8 Å². The van der Waals surface area contributed by atoms with Crippen LogP contribution in [0.25, 0.3) is 0 Å². The van der Waals surface area contributed by atoms with Crippen molar-refractivity contribution in [1.82, 2.24) is 10.2 Å². The molecular weight excluding hydrogens is 192 g/mol. The van der Waals surface area contributed by atoms with Crippen molar-refractivity contribution in [1.29, 1.82) is 0 Å². The van der Waals surface area contributed by atoms with Crippen molar-refractivity contribution < 1.29 is 9.53 Å². The first-order chi connectivity index (χ1) is 7.19. The van der Waals surface area contributed by atoms with Gasteiger partial charge in [-0.1, -0.05) is 0 Å². The van der Waals surface area contributed by atoms with E-state index in [1.807, 2.05) is 18.7 Å². The minimum Gasteiger partial charge on any atom is -0.383 e. The smallest absolute Gasteiger partial charge is 0.236 e. The summed E-state index contributed by atoms with van der Waals surface area (Å²) in [5.41, 5.74) is 0. The van der Waals surface area contributed by atoms with Gasteiger partial charge in [-0.2, -0.15) is 0 Å². The molecule has 0 spiro atoms. The monoisotopic (exact) mass is 214 g/mol. The van der Waals surface area contributed by atoms with E-state index in [1.165, 1.54) is 12.8 Å². The lowest BCUT2D eigenvalue weighted by atomic mass is 10.3. The summed E-state index contributed by atoms with van der Waals surface area (Å²) in [6.45, 7) is 5.94. The summed E-state index contributed by atoms with van der Waals surface area (Å²) >= 11 is 0. The Balaban J connectivity index is 2.21. The highest BCUT2D eigenvalue weighted by atomic mass is 16.5. The lowest BCUT2D eigenvalue weighted by molar-refractivity contribution is -0.130. The number of ether oxygens (including phenoxy) is 1. The quantitative estimate of drug-likeness (QED) is 0.675. The summed E-state index contributed by atoms with van der Waals surface area (Å²) in [6, 6.07) is 0.749. The van der Waals surface area contributed by atoms with Crippen LogP contribution >= 0.6 is 0 Å². The van der Waals surface area contributed by atoms with Crippen LogP contribution in [0.1, 0.15) is 26.7 Å². The second-order valence-electron chi connectivity index (χ2n) is 4.15. The largest absolute Gasteiger partial charge is 0.383 e. The fourth-order valence-electron chi connectivity index (χ4n) is 1.70. The molecule has 0 radical (unpaired) electrons. The third-order valence-electron chi connectivity index (χ3n) is 2.67. The van der Waals surface area contributed by atoms with Crippen LogP contribution in [0.15, 0.2) is 0 Å². The van der Waals surface area contributed by atoms with Gasteiger partial charge in [0.15, 0.2) is 0 Å². The Morgan fingerprint density at radius 2 is 2.27 bits per heavy atom. The first-order valence-electron chi connectivity index (χ1n) is 5.70. The molecular formula is C11H22N2O2. The molecule has 15 heavy (non-hydrogen) atoms. The number of carbonyl (C=O) groups excluding carboxylic acids is 1. The topological polar surface area (TPSA) is 41.6 Å². The van der Waals surface area contributed by atoms with E-state index in [2.05, 4.69) is 5.32 Å². The number of carbonyl (C=O) groups is 1. The van der Waals surface area contributed by atoms with Crippen LogP contribution in [0.5, 0.6) is 0 Å². The van der Waals surface area contributed by atoms with Crippen molar-refractivity contribution in [3.63, 3.8) is 0 Å². The Hall–Kier alpha value is -0.610.